The topological polar surface area (TPSA) is 46.2 Å². The number of alkyl halides is 1. The first-order valence-corrected chi connectivity index (χ1v) is 6.54. The number of halogens is 1. The highest BCUT2D eigenvalue weighted by molar-refractivity contribution is 7.89. The van der Waals surface area contributed by atoms with E-state index in [9.17, 15) is 8.42 Å². The number of hydrogen-bond donors (Lipinski definition) is 1. The van der Waals surface area contributed by atoms with Gasteiger partial charge in [-0.2, -0.15) is 0 Å². The molecular weight excluding hydrogens is 234 g/mol. The molecule has 0 radical (unpaired) electrons. The SMILES string of the molecule is Cc1cccc(S(=O)(=O)NCC(C)Cl)c1. The molecular formula is C10H14ClNO2S. The van der Waals surface area contributed by atoms with Crippen molar-refractivity contribution in [1.29, 1.82) is 0 Å². The van der Waals surface area contributed by atoms with E-state index in [0.29, 0.717) is 0 Å². The summed E-state index contributed by atoms with van der Waals surface area (Å²) in [5, 5.41) is -0.218. The molecule has 1 aromatic carbocycles. The van der Waals surface area contributed by atoms with Gasteiger partial charge in [0.15, 0.2) is 0 Å². The van der Waals surface area contributed by atoms with Crippen molar-refractivity contribution in [3.8, 4) is 0 Å². The Morgan fingerprint density at radius 2 is 2.13 bits per heavy atom. The van der Waals surface area contributed by atoms with Gasteiger partial charge in [-0.05, 0) is 31.5 Å². The second-order valence-electron chi connectivity index (χ2n) is 3.45. The highest BCUT2D eigenvalue weighted by atomic mass is 35.5. The standard InChI is InChI=1S/C10H14ClNO2S/c1-8-4-3-5-10(6-8)15(13,14)12-7-9(2)11/h3-6,9,12H,7H2,1-2H3. The zero-order valence-electron chi connectivity index (χ0n) is 8.70. The van der Waals surface area contributed by atoms with Gasteiger partial charge in [0.05, 0.1) is 4.90 Å². The van der Waals surface area contributed by atoms with E-state index in [1.54, 1.807) is 25.1 Å². The maximum Gasteiger partial charge on any atom is 0.240 e. The highest BCUT2D eigenvalue weighted by Gasteiger charge is 2.13. The van der Waals surface area contributed by atoms with Crippen molar-refractivity contribution in [2.24, 2.45) is 0 Å². The maximum absolute atomic E-state index is 11.7. The lowest BCUT2D eigenvalue weighted by Gasteiger charge is -2.08. The molecule has 0 aliphatic rings. The Balaban J connectivity index is 2.87. The summed E-state index contributed by atoms with van der Waals surface area (Å²) in [6, 6.07) is 6.76. The molecule has 0 bridgehead atoms. The minimum Gasteiger partial charge on any atom is -0.210 e. The summed E-state index contributed by atoms with van der Waals surface area (Å²) in [5.41, 5.74) is 0.914. The Labute approximate surface area is 95.5 Å². The fourth-order valence-corrected chi connectivity index (χ4v) is 2.49. The summed E-state index contributed by atoms with van der Waals surface area (Å²) in [4.78, 5) is 0.278. The average molecular weight is 248 g/mol. The van der Waals surface area contributed by atoms with Crippen LogP contribution in [0.25, 0.3) is 0 Å². The Morgan fingerprint density at radius 1 is 1.47 bits per heavy atom. The van der Waals surface area contributed by atoms with Crippen molar-refractivity contribution in [3.05, 3.63) is 29.8 Å². The van der Waals surface area contributed by atoms with Crippen molar-refractivity contribution >= 4 is 21.6 Å². The van der Waals surface area contributed by atoms with Crippen LogP contribution in [0.1, 0.15) is 12.5 Å². The molecule has 84 valence electrons. The Kier molecular flexibility index (Phi) is 4.13. The van der Waals surface area contributed by atoms with Gasteiger partial charge >= 0.3 is 0 Å². The van der Waals surface area contributed by atoms with Crippen LogP contribution >= 0.6 is 11.6 Å². The van der Waals surface area contributed by atoms with Gasteiger partial charge in [0.2, 0.25) is 10.0 Å². The third kappa shape index (κ3) is 3.81. The molecule has 15 heavy (non-hydrogen) atoms. The van der Waals surface area contributed by atoms with E-state index in [1.807, 2.05) is 13.0 Å². The van der Waals surface area contributed by atoms with Crippen molar-refractivity contribution in [1.82, 2.24) is 4.72 Å². The number of nitrogens with one attached hydrogen (secondary N) is 1. The molecule has 5 heteroatoms. The predicted octanol–water partition coefficient (Wildman–Crippen LogP) is 1.90. The molecule has 1 N–H and O–H groups in total. The number of hydrogen-bond acceptors (Lipinski definition) is 2. The van der Waals surface area contributed by atoms with E-state index in [1.165, 1.54) is 0 Å². The van der Waals surface area contributed by atoms with Gasteiger partial charge in [0, 0.05) is 11.9 Å². The van der Waals surface area contributed by atoms with Crippen LogP contribution in [0.5, 0.6) is 0 Å². The second-order valence-corrected chi connectivity index (χ2v) is 5.96. The third-order valence-electron chi connectivity index (χ3n) is 1.85. The fourth-order valence-electron chi connectivity index (χ4n) is 1.09. The first kappa shape index (κ1) is 12.5. The molecule has 0 saturated carbocycles. The summed E-state index contributed by atoms with van der Waals surface area (Å²) in [6.07, 6.45) is 0. The summed E-state index contributed by atoms with van der Waals surface area (Å²) < 4.78 is 25.9. The number of aryl methyl sites for hydroxylation is 1. The van der Waals surface area contributed by atoms with Crippen LogP contribution in [-0.2, 0) is 10.0 Å². The minimum absolute atomic E-state index is 0.218. The van der Waals surface area contributed by atoms with Gasteiger partial charge in [-0.1, -0.05) is 12.1 Å². The molecule has 0 fully saturated rings. The average Bonchev–Trinajstić information content (AvgIpc) is 2.15. The monoisotopic (exact) mass is 247 g/mol. The van der Waals surface area contributed by atoms with Crippen LogP contribution in [0.4, 0.5) is 0 Å². The van der Waals surface area contributed by atoms with Crippen molar-refractivity contribution < 1.29 is 8.42 Å². The maximum atomic E-state index is 11.7. The van der Waals surface area contributed by atoms with Crippen LogP contribution in [0.2, 0.25) is 0 Å². The molecule has 0 saturated heterocycles. The molecule has 1 unspecified atom stereocenters. The fraction of sp³-hybridized carbons (Fsp3) is 0.400. The van der Waals surface area contributed by atoms with Gasteiger partial charge in [0.25, 0.3) is 0 Å². The van der Waals surface area contributed by atoms with Crippen LogP contribution in [-0.4, -0.2) is 20.3 Å². The van der Waals surface area contributed by atoms with Crippen molar-refractivity contribution in [2.75, 3.05) is 6.54 Å². The molecule has 0 spiro atoms. The first-order chi connectivity index (χ1) is 6.92. The largest absolute Gasteiger partial charge is 0.240 e. The van der Waals surface area contributed by atoms with E-state index < -0.39 is 10.0 Å². The van der Waals surface area contributed by atoms with Gasteiger partial charge in [-0.25, -0.2) is 13.1 Å². The molecule has 0 aromatic heterocycles. The van der Waals surface area contributed by atoms with Gasteiger partial charge in [0.1, 0.15) is 0 Å². The van der Waals surface area contributed by atoms with E-state index in [4.69, 9.17) is 11.6 Å². The van der Waals surface area contributed by atoms with E-state index in [2.05, 4.69) is 4.72 Å². The van der Waals surface area contributed by atoms with Crippen LogP contribution in [0.15, 0.2) is 29.2 Å². The Hall–Kier alpha value is -0.580. The lowest BCUT2D eigenvalue weighted by atomic mass is 10.2. The summed E-state index contributed by atoms with van der Waals surface area (Å²) in [7, 11) is -3.41. The predicted molar refractivity (Wildman–Crippen MR) is 61.7 cm³/mol. The number of benzene rings is 1. The third-order valence-corrected chi connectivity index (χ3v) is 3.43. The van der Waals surface area contributed by atoms with Crippen LogP contribution < -0.4 is 4.72 Å². The van der Waals surface area contributed by atoms with Crippen molar-refractivity contribution in [3.63, 3.8) is 0 Å². The second kappa shape index (κ2) is 4.96. The molecule has 0 aliphatic heterocycles. The molecule has 1 atom stereocenters. The van der Waals surface area contributed by atoms with E-state index in [0.717, 1.165) is 5.56 Å². The highest BCUT2D eigenvalue weighted by Crippen LogP contribution is 2.10. The summed E-state index contributed by atoms with van der Waals surface area (Å²) in [5.74, 6) is 0. The summed E-state index contributed by atoms with van der Waals surface area (Å²) >= 11 is 5.68. The van der Waals surface area contributed by atoms with Crippen LogP contribution in [0.3, 0.4) is 0 Å². The normalized spacial score (nSPS) is 13.8. The van der Waals surface area contributed by atoms with Gasteiger partial charge in [-0.15, -0.1) is 11.6 Å². The molecule has 1 aromatic rings. The Bertz CT molecular complexity index is 429. The van der Waals surface area contributed by atoms with Gasteiger partial charge in [-0.3, -0.25) is 0 Å². The van der Waals surface area contributed by atoms with Crippen molar-refractivity contribution in [2.45, 2.75) is 24.1 Å². The van der Waals surface area contributed by atoms with Gasteiger partial charge < -0.3 is 0 Å². The molecule has 0 heterocycles. The first-order valence-electron chi connectivity index (χ1n) is 4.62. The molecule has 1 rings (SSSR count). The van der Waals surface area contributed by atoms with E-state index in [-0.39, 0.29) is 16.8 Å². The smallest absolute Gasteiger partial charge is 0.210 e. The van der Waals surface area contributed by atoms with Crippen LogP contribution in [0, 0.1) is 6.92 Å². The number of rotatable bonds is 4. The Morgan fingerprint density at radius 3 is 2.67 bits per heavy atom. The molecule has 0 aliphatic carbocycles. The van der Waals surface area contributed by atoms with E-state index >= 15 is 0 Å². The zero-order chi connectivity index (χ0) is 11.5. The minimum atomic E-state index is -3.41. The lowest BCUT2D eigenvalue weighted by Crippen LogP contribution is -2.28. The lowest BCUT2D eigenvalue weighted by molar-refractivity contribution is 0.581. The number of sulfonamides is 1. The zero-order valence-corrected chi connectivity index (χ0v) is 10.3. The quantitative estimate of drug-likeness (QED) is 0.826. The molecule has 0 amide bonds. The molecule has 3 nitrogen and oxygen atoms in total. The summed E-state index contributed by atoms with van der Waals surface area (Å²) in [6.45, 7) is 3.82.